The highest BCUT2D eigenvalue weighted by Gasteiger charge is 2.19. The number of fused-ring (bicyclic) bond motifs is 1. The molecule has 7 heteroatoms. The van der Waals surface area contributed by atoms with E-state index >= 15 is 0 Å². The zero-order chi connectivity index (χ0) is 19.8. The minimum atomic E-state index is -0.324. The number of aryl methyl sites for hydroxylation is 2. The summed E-state index contributed by atoms with van der Waals surface area (Å²) in [6.45, 7) is 5.59. The molecule has 28 heavy (non-hydrogen) atoms. The van der Waals surface area contributed by atoms with Crippen LogP contribution in [0.2, 0.25) is 5.02 Å². The third-order valence-corrected chi connectivity index (χ3v) is 4.92. The number of carbonyl (C=O) groups is 1. The normalized spacial score (nSPS) is 12.4. The number of nitrogens with one attached hydrogen (secondary N) is 1. The van der Waals surface area contributed by atoms with Gasteiger partial charge in [0.25, 0.3) is 5.91 Å². The zero-order valence-electron chi connectivity index (χ0n) is 15.7. The Hall–Kier alpha value is -2.99. The van der Waals surface area contributed by atoms with Crippen LogP contribution in [0.25, 0.3) is 11.0 Å². The molecule has 1 amide bonds. The summed E-state index contributed by atoms with van der Waals surface area (Å²) >= 11 is 6.01. The van der Waals surface area contributed by atoms with Crippen LogP contribution < -0.4 is 5.32 Å². The Bertz CT molecular complexity index is 1140. The first kappa shape index (κ1) is 18.4. The monoisotopic (exact) mass is 398 g/mol. The third-order valence-electron chi connectivity index (χ3n) is 4.69. The Morgan fingerprint density at radius 2 is 2.00 bits per heavy atom. The summed E-state index contributed by atoms with van der Waals surface area (Å²) in [5.41, 5.74) is 2.51. The summed E-state index contributed by atoms with van der Waals surface area (Å²) in [6.07, 6.45) is 0.522. The second-order valence-corrected chi connectivity index (χ2v) is 7.21. The second kappa shape index (κ2) is 7.20. The highest BCUT2D eigenvalue weighted by Crippen LogP contribution is 2.27. The molecule has 144 valence electrons. The third kappa shape index (κ3) is 3.55. The van der Waals surface area contributed by atoms with E-state index in [1.54, 1.807) is 18.2 Å². The summed E-state index contributed by atoms with van der Waals surface area (Å²) in [4.78, 5) is 12.5. The van der Waals surface area contributed by atoms with Crippen LogP contribution in [0.1, 0.15) is 52.1 Å². The van der Waals surface area contributed by atoms with Crippen molar-refractivity contribution in [3.63, 3.8) is 0 Å². The summed E-state index contributed by atoms with van der Waals surface area (Å²) < 4.78 is 16.7. The maximum absolute atomic E-state index is 12.5. The van der Waals surface area contributed by atoms with Gasteiger partial charge in [0.15, 0.2) is 5.76 Å². The van der Waals surface area contributed by atoms with Gasteiger partial charge in [-0.3, -0.25) is 4.79 Å². The fraction of sp³-hybridized carbons (Fsp3) is 0.238. The van der Waals surface area contributed by atoms with Gasteiger partial charge in [0.1, 0.15) is 22.9 Å². The van der Waals surface area contributed by atoms with Crippen LogP contribution in [0.4, 0.5) is 0 Å². The number of furan rings is 2. The summed E-state index contributed by atoms with van der Waals surface area (Å²) in [5, 5.41) is 8.36. The summed E-state index contributed by atoms with van der Waals surface area (Å²) in [7, 11) is 0. The summed E-state index contributed by atoms with van der Waals surface area (Å²) in [5.74, 6) is 2.00. The van der Waals surface area contributed by atoms with E-state index in [-0.39, 0.29) is 17.7 Å². The topological polar surface area (TPSA) is 81.4 Å². The van der Waals surface area contributed by atoms with Crippen molar-refractivity contribution in [1.29, 1.82) is 0 Å². The number of rotatable bonds is 5. The number of halogens is 1. The number of carbonyl (C=O) groups excluding carboxylic acids is 1. The molecule has 4 aromatic rings. The lowest BCUT2D eigenvalue weighted by Gasteiger charge is -2.09. The molecule has 1 unspecified atom stereocenters. The Morgan fingerprint density at radius 3 is 2.75 bits per heavy atom. The van der Waals surface area contributed by atoms with E-state index in [9.17, 15) is 4.79 Å². The highest BCUT2D eigenvalue weighted by molar-refractivity contribution is 6.31. The number of hydrogen-bond acceptors (Lipinski definition) is 5. The molecular weight excluding hydrogens is 380 g/mol. The Morgan fingerprint density at radius 1 is 1.18 bits per heavy atom. The number of benzene rings is 1. The number of amides is 1. The van der Waals surface area contributed by atoms with Crippen LogP contribution in [-0.4, -0.2) is 11.1 Å². The number of aromatic nitrogens is 1. The van der Waals surface area contributed by atoms with Gasteiger partial charge in [-0.05, 0) is 57.2 Å². The molecule has 6 nitrogen and oxygen atoms in total. The molecule has 0 aliphatic carbocycles. The molecule has 1 atom stereocenters. The maximum Gasteiger partial charge on any atom is 0.287 e. The van der Waals surface area contributed by atoms with Crippen LogP contribution in [0.3, 0.4) is 0 Å². The van der Waals surface area contributed by atoms with Gasteiger partial charge in [-0.1, -0.05) is 16.8 Å². The average molecular weight is 399 g/mol. The molecule has 1 N–H and O–H groups in total. The molecule has 0 fully saturated rings. The first-order chi connectivity index (χ1) is 13.4. The number of nitrogens with zero attached hydrogens (tertiary/aromatic N) is 1. The van der Waals surface area contributed by atoms with Crippen LogP contribution >= 0.6 is 11.6 Å². The van der Waals surface area contributed by atoms with E-state index < -0.39 is 0 Å². The van der Waals surface area contributed by atoms with Crippen molar-refractivity contribution in [2.24, 2.45) is 0 Å². The van der Waals surface area contributed by atoms with Crippen molar-refractivity contribution in [1.82, 2.24) is 10.5 Å². The molecule has 0 spiro atoms. The fourth-order valence-corrected chi connectivity index (χ4v) is 3.29. The van der Waals surface area contributed by atoms with Crippen LogP contribution in [0.15, 0.2) is 49.8 Å². The van der Waals surface area contributed by atoms with Gasteiger partial charge in [0.05, 0.1) is 11.7 Å². The van der Waals surface area contributed by atoms with Crippen molar-refractivity contribution in [3.05, 3.63) is 75.7 Å². The lowest BCUT2D eigenvalue weighted by atomic mass is 10.1. The molecule has 0 saturated heterocycles. The lowest BCUT2D eigenvalue weighted by molar-refractivity contribution is 0.0906. The lowest BCUT2D eigenvalue weighted by Crippen LogP contribution is -2.25. The van der Waals surface area contributed by atoms with Gasteiger partial charge >= 0.3 is 0 Å². The van der Waals surface area contributed by atoms with E-state index in [0.717, 1.165) is 28.0 Å². The predicted molar refractivity (Wildman–Crippen MR) is 105 cm³/mol. The van der Waals surface area contributed by atoms with Crippen molar-refractivity contribution in [2.45, 2.75) is 33.2 Å². The van der Waals surface area contributed by atoms with Crippen molar-refractivity contribution in [3.8, 4) is 0 Å². The quantitative estimate of drug-likeness (QED) is 0.489. The fourth-order valence-electron chi connectivity index (χ4n) is 3.11. The molecule has 0 saturated carbocycles. The Labute approximate surface area is 166 Å². The molecule has 0 bridgehead atoms. The maximum atomic E-state index is 12.5. The van der Waals surface area contributed by atoms with Gasteiger partial charge in [0.2, 0.25) is 0 Å². The second-order valence-electron chi connectivity index (χ2n) is 6.77. The van der Waals surface area contributed by atoms with Crippen molar-refractivity contribution >= 4 is 28.5 Å². The van der Waals surface area contributed by atoms with Gasteiger partial charge in [-0.15, -0.1) is 0 Å². The van der Waals surface area contributed by atoms with Crippen molar-refractivity contribution in [2.75, 3.05) is 0 Å². The van der Waals surface area contributed by atoms with Crippen LogP contribution in [0, 0.1) is 13.8 Å². The van der Waals surface area contributed by atoms with E-state index in [4.69, 9.17) is 25.0 Å². The smallest absolute Gasteiger partial charge is 0.287 e. The van der Waals surface area contributed by atoms with Gasteiger partial charge < -0.3 is 18.7 Å². The van der Waals surface area contributed by atoms with Crippen LogP contribution in [0.5, 0.6) is 0 Å². The summed E-state index contributed by atoms with van der Waals surface area (Å²) in [6, 6.07) is 10.4. The first-order valence-corrected chi connectivity index (χ1v) is 9.29. The average Bonchev–Trinajstić information content (AvgIpc) is 3.36. The molecule has 4 rings (SSSR count). The molecule has 0 radical (unpaired) electrons. The van der Waals surface area contributed by atoms with E-state index in [0.29, 0.717) is 23.0 Å². The van der Waals surface area contributed by atoms with E-state index in [2.05, 4.69) is 10.5 Å². The van der Waals surface area contributed by atoms with E-state index in [1.165, 1.54) is 0 Å². The zero-order valence-corrected chi connectivity index (χ0v) is 16.5. The largest absolute Gasteiger partial charge is 0.459 e. The highest BCUT2D eigenvalue weighted by atomic mass is 35.5. The van der Waals surface area contributed by atoms with Gasteiger partial charge in [0, 0.05) is 22.4 Å². The number of hydrogen-bond donors (Lipinski definition) is 1. The van der Waals surface area contributed by atoms with Crippen molar-refractivity contribution < 1.29 is 18.2 Å². The standard InChI is InChI=1S/C21H19ClN2O4/c1-11-17(13(3)28-24-11)10-16-5-7-19(26-16)21(25)23-12(2)20-9-14-8-15(22)4-6-18(14)27-20/h4-9,12H,10H2,1-3H3,(H,23,25). The molecule has 0 aliphatic heterocycles. The molecule has 1 aromatic carbocycles. The predicted octanol–water partition coefficient (Wildman–Crippen LogP) is 5.37. The minimum absolute atomic E-state index is 0.243. The molecular formula is C21H19ClN2O4. The molecule has 0 aliphatic rings. The first-order valence-electron chi connectivity index (χ1n) is 8.91. The Balaban J connectivity index is 1.46. The Kier molecular flexibility index (Phi) is 4.73. The van der Waals surface area contributed by atoms with Crippen LogP contribution in [-0.2, 0) is 6.42 Å². The van der Waals surface area contributed by atoms with E-state index in [1.807, 2.05) is 39.0 Å². The molecule has 3 aromatic heterocycles. The minimum Gasteiger partial charge on any atom is -0.459 e. The SMILES string of the molecule is Cc1noc(C)c1Cc1ccc(C(=O)NC(C)c2cc3cc(Cl)ccc3o2)o1. The van der Waals surface area contributed by atoms with Gasteiger partial charge in [-0.25, -0.2) is 0 Å². The molecule has 3 heterocycles. The van der Waals surface area contributed by atoms with Gasteiger partial charge in [-0.2, -0.15) is 0 Å².